The summed E-state index contributed by atoms with van der Waals surface area (Å²) < 4.78 is 3.62. The Balaban J connectivity index is 2.55. The highest BCUT2D eigenvalue weighted by molar-refractivity contribution is 7.97. The number of nitrogens with two attached hydrogens (primary N) is 1. The Morgan fingerprint density at radius 3 is 2.85 bits per heavy atom. The first-order valence-corrected chi connectivity index (χ1v) is 6.22. The van der Waals surface area contributed by atoms with Gasteiger partial charge in [-0.15, -0.1) is 9.63 Å². The van der Waals surface area contributed by atoms with Crippen LogP contribution >= 0.6 is 11.9 Å². The first kappa shape index (κ1) is 15.6. The predicted molar refractivity (Wildman–Crippen MR) is 69.3 cm³/mol. The Labute approximate surface area is 117 Å². The van der Waals surface area contributed by atoms with Crippen LogP contribution < -0.4 is 11.1 Å². The van der Waals surface area contributed by atoms with Crippen LogP contribution in [-0.4, -0.2) is 44.7 Å². The number of carbonyl (C=O) groups is 3. The van der Waals surface area contributed by atoms with E-state index in [1.807, 2.05) is 0 Å². The van der Waals surface area contributed by atoms with Gasteiger partial charge in [0.25, 0.3) is 5.91 Å². The molecule has 0 radical (unpaired) electrons. The predicted octanol–water partition coefficient (Wildman–Crippen LogP) is -0.170. The van der Waals surface area contributed by atoms with Gasteiger partial charge >= 0.3 is 5.97 Å². The summed E-state index contributed by atoms with van der Waals surface area (Å²) in [5.41, 5.74) is 5.07. The van der Waals surface area contributed by atoms with Gasteiger partial charge in [0.05, 0.1) is 6.33 Å². The average molecular weight is 300 g/mol. The molecule has 0 spiro atoms. The summed E-state index contributed by atoms with van der Waals surface area (Å²) >= 11 is 0.807. The molecule has 0 aliphatic rings. The zero-order valence-electron chi connectivity index (χ0n) is 10.4. The SMILES string of the molecule is CC(=O)NC(CS/N=N/c1nc[nH]c1C(N)=O)C(=O)O. The van der Waals surface area contributed by atoms with Crippen molar-refractivity contribution >= 4 is 35.5 Å². The lowest BCUT2D eigenvalue weighted by Crippen LogP contribution is -2.41. The molecule has 0 bridgehead atoms. The van der Waals surface area contributed by atoms with E-state index in [0.717, 1.165) is 11.9 Å². The summed E-state index contributed by atoms with van der Waals surface area (Å²) in [7, 11) is 0. The minimum atomic E-state index is -1.18. The summed E-state index contributed by atoms with van der Waals surface area (Å²) in [6.45, 7) is 1.21. The minimum Gasteiger partial charge on any atom is -0.480 e. The third-order valence-electron chi connectivity index (χ3n) is 1.98. The van der Waals surface area contributed by atoms with E-state index < -0.39 is 23.8 Å². The summed E-state index contributed by atoms with van der Waals surface area (Å²) in [5.74, 6) is -2.38. The van der Waals surface area contributed by atoms with Gasteiger partial charge in [-0.1, -0.05) is 0 Å². The third-order valence-corrected chi connectivity index (χ3v) is 2.66. The first-order valence-electron chi connectivity index (χ1n) is 5.28. The van der Waals surface area contributed by atoms with Gasteiger partial charge in [-0.2, -0.15) is 0 Å². The molecule has 10 nitrogen and oxygen atoms in total. The highest BCUT2D eigenvalue weighted by atomic mass is 32.2. The number of nitrogens with zero attached hydrogens (tertiary/aromatic N) is 3. The Hall–Kier alpha value is -2.43. The number of hydrogen-bond donors (Lipinski definition) is 4. The number of carboxylic acids is 1. The molecule has 1 atom stereocenters. The molecule has 0 saturated carbocycles. The fraction of sp³-hybridized carbons (Fsp3) is 0.333. The monoisotopic (exact) mass is 300 g/mol. The van der Waals surface area contributed by atoms with Crippen molar-refractivity contribution in [3.63, 3.8) is 0 Å². The Morgan fingerprint density at radius 2 is 2.30 bits per heavy atom. The van der Waals surface area contributed by atoms with Crippen LogP contribution in [0.15, 0.2) is 16.0 Å². The van der Waals surface area contributed by atoms with Crippen LogP contribution in [0.4, 0.5) is 5.82 Å². The molecular formula is C9H12N6O4S. The number of aliphatic carboxylic acids is 1. The number of H-pyrrole nitrogens is 1. The zero-order chi connectivity index (χ0) is 15.1. The molecule has 0 aliphatic heterocycles. The molecule has 1 aromatic heterocycles. The maximum Gasteiger partial charge on any atom is 0.327 e. The Kier molecular flexibility index (Phi) is 5.65. The molecule has 0 aromatic carbocycles. The second-order valence-corrected chi connectivity index (χ2v) is 4.29. The molecule has 1 unspecified atom stereocenters. The lowest BCUT2D eigenvalue weighted by molar-refractivity contribution is -0.140. The van der Waals surface area contributed by atoms with Crippen molar-refractivity contribution in [2.75, 3.05) is 5.75 Å². The molecule has 108 valence electrons. The highest BCUT2D eigenvalue weighted by Gasteiger charge is 2.18. The molecular weight excluding hydrogens is 288 g/mol. The van der Waals surface area contributed by atoms with Crippen LogP contribution in [0.1, 0.15) is 17.4 Å². The van der Waals surface area contributed by atoms with Crippen molar-refractivity contribution in [1.82, 2.24) is 15.3 Å². The lowest BCUT2D eigenvalue weighted by Gasteiger charge is -2.09. The summed E-state index contributed by atoms with van der Waals surface area (Å²) in [6.07, 6.45) is 1.23. The number of aromatic nitrogens is 2. The van der Waals surface area contributed by atoms with E-state index in [-0.39, 0.29) is 17.3 Å². The Bertz CT molecular complexity index is 542. The molecule has 0 saturated heterocycles. The van der Waals surface area contributed by atoms with Crippen LogP contribution in [0.5, 0.6) is 0 Å². The van der Waals surface area contributed by atoms with E-state index in [2.05, 4.69) is 24.9 Å². The van der Waals surface area contributed by atoms with Gasteiger partial charge in [0.15, 0.2) is 5.69 Å². The number of rotatable bonds is 7. The van der Waals surface area contributed by atoms with Crippen molar-refractivity contribution in [3.05, 3.63) is 12.0 Å². The van der Waals surface area contributed by atoms with Crippen LogP contribution in [0, 0.1) is 0 Å². The van der Waals surface area contributed by atoms with Crippen molar-refractivity contribution in [1.29, 1.82) is 0 Å². The summed E-state index contributed by atoms with van der Waals surface area (Å²) in [6, 6.07) is -1.08. The molecule has 11 heteroatoms. The van der Waals surface area contributed by atoms with E-state index in [9.17, 15) is 14.4 Å². The number of aromatic amines is 1. The number of carboxylic acid groups (broad SMARTS) is 1. The highest BCUT2D eigenvalue weighted by Crippen LogP contribution is 2.16. The van der Waals surface area contributed by atoms with Gasteiger partial charge in [0.1, 0.15) is 6.04 Å². The van der Waals surface area contributed by atoms with E-state index in [1.54, 1.807) is 0 Å². The summed E-state index contributed by atoms with van der Waals surface area (Å²) in [4.78, 5) is 38.8. The van der Waals surface area contributed by atoms with Crippen LogP contribution in [0.3, 0.4) is 0 Å². The maximum atomic E-state index is 11.0. The fourth-order valence-corrected chi connectivity index (χ4v) is 1.72. The van der Waals surface area contributed by atoms with Crippen molar-refractivity contribution < 1.29 is 19.5 Å². The van der Waals surface area contributed by atoms with Gasteiger partial charge in [0, 0.05) is 24.6 Å². The van der Waals surface area contributed by atoms with E-state index in [4.69, 9.17) is 10.8 Å². The van der Waals surface area contributed by atoms with Crippen LogP contribution in [0.25, 0.3) is 0 Å². The largest absolute Gasteiger partial charge is 0.480 e. The molecule has 0 fully saturated rings. The molecule has 1 rings (SSSR count). The van der Waals surface area contributed by atoms with Crippen molar-refractivity contribution in [2.45, 2.75) is 13.0 Å². The molecule has 1 aromatic rings. The second kappa shape index (κ2) is 7.23. The number of amides is 2. The number of carbonyl (C=O) groups excluding carboxylic acids is 2. The standard InChI is InChI=1S/C9H12N6O4S/c1-4(16)13-5(9(18)19)2-20-15-14-8-6(7(10)17)11-3-12-8/h3,5H,2H2,1H3,(H2,10,17)(H,11,12)(H,13,16)(H,18,19)/b15-14+. The van der Waals surface area contributed by atoms with E-state index >= 15 is 0 Å². The topological polar surface area (TPSA) is 163 Å². The van der Waals surface area contributed by atoms with Gasteiger partial charge in [0.2, 0.25) is 11.7 Å². The van der Waals surface area contributed by atoms with Crippen molar-refractivity contribution in [2.24, 2.45) is 15.4 Å². The van der Waals surface area contributed by atoms with Gasteiger partial charge in [-0.05, 0) is 0 Å². The smallest absolute Gasteiger partial charge is 0.327 e. The number of imidazole rings is 1. The Morgan fingerprint density at radius 1 is 1.60 bits per heavy atom. The fourth-order valence-electron chi connectivity index (χ4n) is 1.14. The number of hydrogen-bond acceptors (Lipinski definition) is 7. The first-order chi connectivity index (χ1) is 9.41. The third kappa shape index (κ3) is 4.68. The number of primary amides is 1. The molecule has 20 heavy (non-hydrogen) atoms. The minimum absolute atomic E-state index is 0.00555. The number of nitrogens with one attached hydrogen (secondary N) is 2. The second-order valence-electron chi connectivity index (χ2n) is 3.53. The lowest BCUT2D eigenvalue weighted by atomic mass is 10.3. The molecule has 5 N–H and O–H groups in total. The molecule has 0 aliphatic carbocycles. The van der Waals surface area contributed by atoms with E-state index in [1.165, 1.54) is 13.3 Å². The maximum absolute atomic E-state index is 11.0. The molecule has 1 heterocycles. The zero-order valence-corrected chi connectivity index (χ0v) is 11.2. The normalized spacial score (nSPS) is 12.2. The molecule has 2 amide bonds. The van der Waals surface area contributed by atoms with Gasteiger partial charge in [-0.25, -0.2) is 9.78 Å². The summed E-state index contributed by atoms with van der Waals surface area (Å²) in [5, 5.41) is 14.7. The van der Waals surface area contributed by atoms with Gasteiger partial charge < -0.3 is 21.1 Å². The quantitative estimate of drug-likeness (QED) is 0.403. The van der Waals surface area contributed by atoms with Gasteiger partial charge in [-0.3, -0.25) is 9.59 Å². The van der Waals surface area contributed by atoms with Crippen LogP contribution in [0.2, 0.25) is 0 Å². The van der Waals surface area contributed by atoms with Crippen LogP contribution in [-0.2, 0) is 9.59 Å². The average Bonchev–Trinajstić information content (AvgIpc) is 2.80. The van der Waals surface area contributed by atoms with Crippen molar-refractivity contribution in [3.8, 4) is 0 Å². The van der Waals surface area contributed by atoms with E-state index in [0.29, 0.717) is 0 Å².